The molecule has 0 fully saturated rings. The number of aryl methyl sites for hydroxylation is 1. The van der Waals surface area contributed by atoms with E-state index in [4.69, 9.17) is 10.3 Å². The first-order chi connectivity index (χ1) is 8.15. The predicted molar refractivity (Wildman–Crippen MR) is 58.9 cm³/mol. The zero-order valence-electron chi connectivity index (χ0n) is 9.17. The number of nitrogens with zero attached hydrogens (tertiary/aromatic N) is 3. The molecular formula is C10H11N5O2. The van der Waals surface area contributed by atoms with Crippen LogP contribution in [0.15, 0.2) is 23.0 Å². The maximum Gasteiger partial charge on any atom is 0.271 e. The number of nitrogen functional groups attached to an aromatic ring is 1. The topological polar surface area (TPSA) is 107 Å². The highest BCUT2D eigenvalue weighted by molar-refractivity contribution is 5.91. The standard InChI is InChI=1S/C10H11N5O2/c1-6-2-7(15-17-6)3-14-10(16)8-4-13-9(11)5-12-8/h2,4-5H,3H2,1H3,(H2,11,13)(H,14,16). The molecule has 17 heavy (non-hydrogen) atoms. The number of nitrogens with one attached hydrogen (secondary N) is 1. The fraction of sp³-hybridized carbons (Fsp3) is 0.200. The van der Waals surface area contributed by atoms with E-state index in [0.717, 1.165) is 0 Å². The minimum atomic E-state index is -0.335. The molecular weight excluding hydrogens is 222 g/mol. The maximum atomic E-state index is 11.6. The van der Waals surface area contributed by atoms with Gasteiger partial charge in [0.25, 0.3) is 5.91 Å². The fourth-order valence-electron chi connectivity index (χ4n) is 1.22. The molecule has 2 aromatic heterocycles. The Labute approximate surface area is 97.0 Å². The summed E-state index contributed by atoms with van der Waals surface area (Å²) in [4.78, 5) is 19.3. The first-order valence-corrected chi connectivity index (χ1v) is 4.93. The van der Waals surface area contributed by atoms with Gasteiger partial charge in [-0.15, -0.1) is 0 Å². The second-order valence-corrected chi connectivity index (χ2v) is 3.44. The van der Waals surface area contributed by atoms with Crippen molar-refractivity contribution in [3.8, 4) is 0 Å². The third-order valence-corrected chi connectivity index (χ3v) is 2.01. The van der Waals surface area contributed by atoms with Crippen molar-refractivity contribution >= 4 is 11.7 Å². The van der Waals surface area contributed by atoms with Crippen LogP contribution in [0.4, 0.5) is 5.82 Å². The molecule has 0 spiro atoms. The molecule has 2 aromatic rings. The lowest BCUT2D eigenvalue weighted by Gasteiger charge is -2.01. The van der Waals surface area contributed by atoms with E-state index in [-0.39, 0.29) is 24.0 Å². The van der Waals surface area contributed by atoms with Gasteiger partial charge in [-0.25, -0.2) is 9.97 Å². The summed E-state index contributed by atoms with van der Waals surface area (Å²) in [7, 11) is 0. The number of carbonyl (C=O) groups is 1. The Bertz CT molecular complexity index is 520. The van der Waals surface area contributed by atoms with Crippen LogP contribution in [-0.2, 0) is 6.54 Å². The molecule has 0 aliphatic carbocycles. The Morgan fingerprint density at radius 3 is 2.88 bits per heavy atom. The number of amides is 1. The normalized spacial score (nSPS) is 10.2. The van der Waals surface area contributed by atoms with Gasteiger partial charge in [0.1, 0.15) is 23.0 Å². The Balaban J connectivity index is 1.95. The minimum absolute atomic E-state index is 0.208. The first kappa shape index (κ1) is 11.1. The van der Waals surface area contributed by atoms with E-state index in [1.807, 2.05) is 0 Å². The van der Waals surface area contributed by atoms with Crippen LogP contribution in [0.2, 0.25) is 0 Å². The number of hydrogen-bond acceptors (Lipinski definition) is 6. The molecule has 0 aliphatic heterocycles. The van der Waals surface area contributed by atoms with E-state index in [1.54, 1.807) is 13.0 Å². The van der Waals surface area contributed by atoms with E-state index >= 15 is 0 Å². The lowest BCUT2D eigenvalue weighted by Crippen LogP contribution is -2.24. The lowest BCUT2D eigenvalue weighted by molar-refractivity contribution is 0.0944. The maximum absolute atomic E-state index is 11.6. The minimum Gasteiger partial charge on any atom is -0.382 e. The molecule has 0 saturated heterocycles. The largest absolute Gasteiger partial charge is 0.382 e. The van der Waals surface area contributed by atoms with Crippen LogP contribution >= 0.6 is 0 Å². The number of carbonyl (C=O) groups excluding carboxylic acids is 1. The van der Waals surface area contributed by atoms with Crippen molar-refractivity contribution in [1.82, 2.24) is 20.4 Å². The second-order valence-electron chi connectivity index (χ2n) is 3.44. The van der Waals surface area contributed by atoms with E-state index in [1.165, 1.54) is 12.4 Å². The zero-order valence-corrected chi connectivity index (χ0v) is 9.17. The molecule has 2 rings (SSSR count). The van der Waals surface area contributed by atoms with E-state index < -0.39 is 0 Å². The molecule has 0 atom stereocenters. The molecule has 7 heteroatoms. The Hall–Kier alpha value is -2.44. The number of aromatic nitrogens is 3. The van der Waals surface area contributed by atoms with Crippen molar-refractivity contribution in [2.24, 2.45) is 0 Å². The molecule has 0 unspecified atom stereocenters. The Morgan fingerprint density at radius 2 is 2.29 bits per heavy atom. The number of rotatable bonds is 3. The van der Waals surface area contributed by atoms with Gasteiger partial charge in [-0.2, -0.15) is 0 Å². The van der Waals surface area contributed by atoms with Gasteiger partial charge in [0, 0.05) is 6.07 Å². The highest BCUT2D eigenvalue weighted by Crippen LogP contribution is 2.01. The van der Waals surface area contributed by atoms with E-state index in [2.05, 4.69) is 20.4 Å². The van der Waals surface area contributed by atoms with Gasteiger partial charge in [0.2, 0.25) is 0 Å². The van der Waals surface area contributed by atoms with Crippen LogP contribution in [0.3, 0.4) is 0 Å². The predicted octanol–water partition coefficient (Wildman–Crippen LogP) is 0.285. The van der Waals surface area contributed by atoms with Crippen LogP contribution in [-0.4, -0.2) is 21.0 Å². The average Bonchev–Trinajstić information content (AvgIpc) is 2.73. The smallest absolute Gasteiger partial charge is 0.271 e. The third kappa shape index (κ3) is 2.77. The third-order valence-electron chi connectivity index (χ3n) is 2.01. The van der Waals surface area contributed by atoms with Crippen molar-refractivity contribution < 1.29 is 9.32 Å². The summed E-state index contributed by atoms with van der Waals surface area (Å²) in [6.07, 6.45) is 2.65. The quantitative estimate of drug-likeness (QED) is 0.788. The number of anilines is 1. The molecule has 3 N–H and O–H groups in total. The van der Waals surface area contributed by atoms with Crippen LogP contribution in [0.5, 0.6) is 0 Å². The monoisotopic (exact) mass is 233 g/mol. The van der Waals surface area contributed by atoms with Gasteiger partial charge in [0.05, 0.1) is 18.9 Å². The highest BCUT2D eigenvalue weighted by atomic mass is 16.5. The second kappa shape index (κ2) is 4.60. The first-order valence-electron chi connectivity index (χ1n) is 4.93. The van der Waals surface area contributed by atoms with Crippen LogP contribution < -0.4 is 11.1 Å². The molecule has 88 valence electrons. The molecule has 7 nitrogen and oxygen atoms in total. The summed E-state index contributed by atoms with van der Waals surface area (Å²) in [5.74, 6) is 0.633. The number of hydrogen-bond donors (Lipinski definition) is 2. The molecule has 0 radical (unpaired) electrons. The zero-order chi connectivity index (χ0) is 12.3. The summed E-state index contributed by atoms with van der Waals surface area (Å²) in [5, 5.41) is 6.39. The molecule has 0 aromatic carbocycles. The van der Waals surface area contributed by atoms with Crippen LogP contribution in [0.1, 0.15) is 21.9 Å². The summed E-state index contributed by atoms with van der Waals surface area (Å²) in [6, 6.07) is 1.74. The molecule has 0 bridgehead atoms. The SMILES string of the molecule is Cc1cc(CNC(=O)c2cnc(N)cn2)no1. The summed E-state index contributed by atoms with van der Waals surface area (Å²) in [6.45, 7) is 2.06. The van der Waals surface area contributed by atoms with Gasteiger partial charge in [0.15, 0.2) is 0 Å². The summed E-state index contributed by atoms with van der Waals surface area (Å²) in [5.41, 5.74) is 6.23. The summed E-state index contributed by atoms with van der Waals surface area (Å²) >= 11 is 0. The highest BCUT2D eigenvalue weighted by Gasteiger charge is 2.08. The van der Waals surface area contributed by atoms with E-state index in [9.17, 15) is 4.79 Å². The Kier molecular flexibility index (Phi) is 2.99. The van der Waals surface area contributed by atoms with Crippen LogP contribution in [0, 0.1) is 6.92 Å². The van der Waals surface area contributed by atoms with Crippen LogP contribution in [0.25, 0.3) is 0 Å². The van der Waals surface area contributed by atoms with E-state index in [0.29, 0.717) is 11.5 Å². The van der Waals surface area contributed by atoms with Crippen molar-refractivity contribution in [1.29, 1.82) is 0 Å². The van der Waals surface area contributed by atoms with Gasteiger partial charge >= 0.3 is 0 Å². The summed E-state index contributed by atoms with van der Waals surface area (Å²) < 4.78 is 4.87. The van der Waals surface area contributed by atoms with Crippen molar-refractivity contribution in [2.75, 3.05) is 5.73 Å². The molecule has 0 saturated carbocycles. The van der Waals surface area contributed by atoms with Gasteiger partial charge in [-0.05, 0) is 6.92 Å². The van der Waals surface area contributed by atoms with Crippen molar-refractivity contribution in [2.45, 2.75) is 13.5 Å². The Morgan fingerprint density at radius 1 is 1.47 bits per heavy atom. The fourth-order valence-corrected chi connectivity index (χ4v) is 1.22. The number of nitrogens with two attached hydrogens (primary N) is 1. The lowest BCUT2D eigenvalue weighted by atomic mass is 10.3. The van der Waals surface area contributed by atoms with Gasteiger partial charge < -0.3 is 15.6 Å². The van der Waals surface area contributed by atoms with Gasteiger partial charge in [-0.3, -0.25) is 4.79 Å². The van der Waals surface area contributed by atoms with Gasteiger partial charge in [-0.1, -0.05) is 5.16 Å². The molecule has 0 aliphatic rings. The van der Waals surface area contributed by atoms with Crippen molar-refractivity contribution in [3.63, 3.8) is 0 Å². The van der Waals surface area contributed by atoms with Crippen molar-refractivity contribution in [3.05, 3.63) is 35.6 Å². The average molecular weight is 233 g/mol. The molecule has 2 heterocycles. The molecule has 1 amide bonds.